The first-order valence-corrected chi connectivity index (χ1v) is 8.18. The number of aromatic nitrogens is 4. The molecule has 8 heteroatoms. The fourth-order valence-corrected chi connectivity index (χ4v) is 2.48. The Morgan fingerprint density at radius 1 is 1.27 bits per heavy atom. The summed E-state index contributed by atoms with van der Waals surface area (Å²) in [5, 5.41) is 16.2. The normalized spacial score (nSPS) is 10.7. The number of carbonyl (C=O) groups is 1. The molecule has 26 heavy (non-hydrogen) atoms. The molecule has 0 fully saturated rings. The Balaban J connectivity index is 1.93. The van der Waals surface area contributed by atoms with Crippen LogP contribution in [0.3, 0.4) is 0 Å². The molecule has 0 aliphatic rings. The minimum atomic E-state index is -0.329. The summed E-state index contributed by atoms with van der Waals surface area (Å²) < 4.78 is 1.40. The lowest BCUT2D eigenvalue weighted by Crippen LogP contribution is -2.19. The number of carbonyl (C=O) groups excluding carboxylic acids is 1. The van der Waals surface area contributed by atoms with E-state index in [4.69, 9.17) is 5.11 Å². The molecule has 0 unspecified atom stereocenters. The van der Waals surface area contributed by atoms with Crippen molar-refractivity contribution in [1.82, 2.24) is 19.7 Å². The molecule has 1 amide bonds. The maximum absolute atomic E-state index is 12.5. The fourth-order valence-electron chi connectivity index (χ4n) is 2.48. The molecule has 3 aromatic rings. The first-order valence-electron chi connectivity index (χ1n) is 8.18. The Hall–Kier alpha value is -3.26. The van der Waals surface area contributed by atoms with Crippen LogP contribution in [0.5, 0.6) is 0 Å². The second kappa shape index (κ2) is 7.32. The van der Waals surface area contributed by atoms with Gasteiger partial charge in [-0.05, 0) is 31.0 Å². The molecular formula is C18H19N5O3. The minimum absolute atomic E-state index is 0.0827. The topological polar surface area (TPSA) is 113 Å². The molecule has 1 aromatic carbocycles. The van der Waals surface area contributed by atoms with E-state index in [0.29, 0.717) is 29.2 Å². The van der Waals surface area contributed by atoms with Crippen molar-refractivity contribution in [2.45, 2.75) is 26.9 Å². The van der Waals surface area contributed by atoms with Crippen LogP contribution in [0.1, 0.15) is 34.2 Å². The van der Waals surface area contributed by atoms with Crippen LogP contribution in [-0.2, 0) is 13.0 Å². The molecule has 3 rings (SSSR count). The number of amides is 1. The SMILES string of the molecule is CCc1cc(=O)[nH]c(-n2nc(C)cc2NC(=O)c2ccc(CO)cc2)n1. The number of benzene rings is 1. The van der Waals surface area contributed by atoms with Crippen molar-refractivity contribution in [3.8, 4) is 5.95 Å². The minimum Gasteiger partial charge on any atom is -0.392 e. The van der Waals surface area contributed by atoms with Gasteiger partial charge in [0.1, 0.15) is 5.82 Å². The molecule has 0 atom stereocenters. The highest BCUT2D eigenvalue weighted by Gasteiger charge is 2.14. The third kappa shape index (κ3) is 3.70. The summed E-state index contributed by atoms with van der Waals surface area (Å²) in [5.41, 5.74) is 2.18. The van der Waals surface area contributed by atoms with Gasteiger partial charge in [0.15, 0.2) is 0 Å². The average Bonchev–Trinajstić information content (AvgIpc) is 3.01. The molecule has 0 radical (unpaired) electrons. The van der Waals surface area contributed by atoms with Crippen LogP contribution in [0.2, 0.25) is 0 Å². The van der Waals surface area contributed by atoms with Crippen molar-refractivity contribution in [1.29, 1.82) is 0 Å². The number of anilines is 1. The van der Waals surface area contributed by atoms with E-state index in [2.05, 4.69) is 20.4 Å². The number of nitrogens with one attached hydrogen (secondary N) is 2. The van der Waals surface area contributed by atoms with Crippen molar-refractivity contribution < 1.29 is 9.90 Å². The monoisotopic (exact) mass is 353 g/mol. The standard InChI is InChI=1S/C18H19N5O3/c1-3-14-9-16(25)21-18(19-14)23-15(8-11(2)22-23)20-17(26)13-6-4-12(10-24)5-7-13/h4-9,24H,3,10H2,1-2H3,(H,20,26)(H,19,21,25). The van der Waals surface area contributed by atoms with Crippen LogP contribution in [0.4, 0.5) is 5.82 Å². The van der Waals surface area contributed by atoms with Crippen molar-refractivity contribution in [3.63, 3.8) is 0 Å². The van der Waals surface area contributed by atoms with Crippen LogP contribution >= 0.6 is 0 Å². The van der Waals surface area contributed by atoms with Gasteiger partial charge in [0, 0.05) is 23.4 Å². The van der Waals surface area contributed by atoms with Crippen molar-refractivity contribution in [2.24, 2.45) is 0 Å². The second-order valence-corrected chi connectivity index (χ2v) is 5.81. The highest BCUT2D eigenvalue weighted by molar-refractivity contribution is 6.03. The highest BCUT2D eigenvalue weighted by atomic mass is 16.3. The van der Waals surface area contributed by atoms with Gasteiger partial charge in [-0.15, -0.1) is 0 Å². The van der Waals surface area contributed by atoms with Gasteiger partial charge in [0.2, 0.25) is 5.95 Å². The summed E-state index contributed by atoms with van der Waals surface area (Å²) in [6.45, 7) is 3.60. The zero-order valence-electron chi connectivity index (χ0n) is 14.5. The number of hydrogen-bond acceptors (Lipinski definition) is 5. The number of nitrogens with zero attached hydrogens (tertiary/aromatic N) is 3. The number of rotatable bonds is 5. The number of aliphatic hydroxyl groups excluding tert-OH is 1. The molecule has 0 bridgehead atoms. The zero-order chi connectivity index (χ0) is 18.7. The zero-order valence-corrected chi connectivity index (χ0v) is 14.5. The quantitative estimate of drug-likeness (QED) is 0.644. The van der Waals surface area contributed by atoms with Crippen LogP contribution < -0.4 is 10.9 Å². The average molecular weight is 353 g/mol. The van der Waals surface area contributed by atoms with E-state index in [-0.39, 0.29) is 24.0 Å². The van der Waals surface area contributed by atoms with E-state index in [1.807, 2.05) is 6.92 Å². The maximum atomic E-state index is 12.5. The molecule has 2 aromatic heterocycles. The summed E-state index contributed by atoms with van der Waals surface area (Å²) in [7, 11) is 0. The van der Waals surface area contributed by atoms with Crippen molar-refractivity contribution in [3.05, 3.63) is 69.3 Å². The van der Waals surface area contributed by atoms with Gasteiger partial charge < -0.3 is 10.4 Å². The molecule has 134 valence electrons. The van der Waals surface area contributed by atoms with Gasteiger partial charge in [0.05, 0.1) is 12.3 Å². The Labute approximate surface area is 149 Å². The molecule has 0 aliphatic heterocycles. The molecule has 2 heterocycles. The molecular weight excluding hydrogens is 334 g/mol. The first kappa shape index (κ1) is 17.6. The van der Waals surface area contributed by atoms with Gasteiger partial charge >= 0.3 is 0 Å². The predicted molar refractivity (Wildman–Crippen MR) is 96.4 cm³/mol. The number of aryl methyl sites for hydroxylation is 2. The molecule has 0 aliphatic carbocycles. The fraction of sp³-hybridized carbons (Fsp3) is 0.222. The molecule has 0 saturated heterocycles. The summed E-state index contributed by atoms with van der Waals surface area (Å²) in [4.78, 5) is 31.3. The number of aliphatic hydroxyl groups is 1. The lowest BCUT2D eigenvalue weighted by Gasteiger charge is -2.09. The van der Waals surface area contributed by atoms with Crippen LogP contribution in [0.25, 0.3) is 5.95 Å². The van der Waals surface area contributed by atoms with Gasteiger partial charge in [-0.1, -0.05) is 19.1 Å². The Morgan fingerprint density at radius 3 is 2.65 bits per heavy atom. The van der Waals surface area contributed by atoms with E-state index in [9.17, 15) is 9.59 Å². The highest BCUT2D eigenvalue weighted by Crippen LogP contribution is 2.16. The Kier molecular flexibility index (Phi) is 4.94. The second-order valence-electron chi connectivity index (χ2n) is 5.81. The van der Waals surface area contributed by atoms with Crippen LogP contribution in [0.15, 0.2) is 41.2 Å². The molecule has 0 saturated carbocycles. The summed E-state index contributed by atoms with van der Waals surface area (Å²) in [6.07, 6.45) is 0.607. The van der Waals surface area contributed by atoms with Gasteiger partial charge in [-0.3, -0.25) is 14.6 Å². The van der Waals surface area contributed by atoms with E-state index in [1.54, 1.807) is 37.3 Å². The van der Waals surface area contributed by atoms with Gasteiger partial charge in [-0.25, -0.2) is 4.98 Å². The van der Waals surface area contributed by atoms with Crippen LogP contribution in [-0.4, -0.2) is 30.8 Å². The smallest absolute Gasteiger partial charge is 0.256 e. The Morgan fingerprint density at radius 2 is 2.00 bits per heavy atom. The largest absolute Gasteiger partial charge is 0.392 e. The summed E-state index contributed by atoms with van der Waals surface area (Å²) in [5.74, 6) is 0.313. The van der Waals surface area contributed by atoms with Crippen molar-refractivity contribution in [2.75, 3.05) is 5.32 Å². The van der Waals surface area contributed by atoms with E-state index in [0.717, 1.165) is 5.56 Å². The van der Waals surface area contributed by atoms with E-state index in [1.165, 1.54) is 10.7 Å². The van der Waals surface area contributed by atoms with Crippen LogP contribution in [0, 0.1) is 6.92 Å². The summed E-state index contributed by atoms with van der Waals surface area (Å²) >= 11 is 0. The van der Waals surface area contributed by atoms with Gasteiger partial charge in [-0.2, -0.15) is 9.78 Å². The molecule has 3 N–H and O–H groups in total. The van der Waals surface area contributed by atoms with E-state index < -0.39 is 0 Å². The lowest BCUT2D eigenvalue weighted by molar-refractivity contribution is 0.102. The number of H-pyrrole nitrogens is 1. The Bertz CT molecular complexity index is 989. The summed E-state index contributed by atoms with van der Waals surface area (Å²) in [6, 6.07) is 9.75. The van der Waals surface area contributed by atoms with Gasteiger partial charge in [0.25, 0.3) is 11.5 Å². The van der Waals surface area contributed by atoms with Crippen molar-refractivity contribution >= 4 is 11.7 Å². The number of aromatic amines is 1. The van der Waals surface area contributed by atoms with E-state index >= 15 is 0 Å². The third-order valence-electron chi connectivity index (χ3n) is 3.82. The molecule has 8 nitrogen and oxygen atoms in total. The molecule has 0 spiro atoms. The number of hydrogen-bond donors (Lipinski definition) is 3. The lowest BCUT2D eigenvalue weighted by atomic mass is 10.1. The first-order chi connectivity index (χ1) is 12.5. The predicted octanol–water partition coefficient (Wildman–Crippen LogP) is 1.57. The third-order valence-corrected chi connectivity index (χ3v) is 3.82. The maximum Gasteiger partial charge on any atom is 0.256 e.